The summed E-state index contributed by atoms with van der Waals surface area (Å²) < 4.78 is 20.8. The van der Waals surface area contributed by atoms with E-state index in [0.29, 0.717) is 34.8 Å². The number of benzene rings is 2. The highest BCUT2D eigenvalue weighted by molar-refractivity contribution is 7.75. The Hall–Kier alpha value is -2.03. The number of para-hydroxylation sites is 1. The van der Waals surface area contributed by atoms with Crippen molar-refractivity contribution in [1.29, 1.82) is 0 Å². The van der Waals surface area contributed by atoms with Crippen LogP contribution in [0.5, 0.6) is 0 Å². The van der Waals surface area contributed by atoms with E-state index in [1.54, 1.807) is 0 Å². The van der Waals surface area contributed by atoms with Crippen LogP contribution in [0.15, 0.2) is 54.6 Å². The standard InChI is InChI=1S/C18H20NO3P/c1-3-16-18(15-12-8-9-13-17(15)19(16)20)23(21,22-4-2)14-10-6-5-7-11-14/h5-13,20H,3-4H2,1-2H3. The minimum absolute atomic E-state index is 0.334. The van der Waals surface area contributed by atoms with Crippen LogP contribution in [0.3, 0.4) is 0 Å². The second kappa shape index (κ2) is 6.23. The Morgan fingerprint density at radius 2 is 1.70 bits per heavy atom. The Morgan fingerprint density at radius 1 is 1.04 bits per heavy atom. The van der Waals surface area contributed by atoms with Crippen LogP contribution in [0.4, 0.5) is 0 Å². The number of nitrogens with zero attached hydrogens (tertiary/aromatic N) is 1. The van der Waals surface area contributed by atoms with Crippen LogP contribution >= 0.6 is 7.37 Å². The third-order valence-electron chi connectivity index (χ3n) is 3.95. The molecule has 2 aromatic carbocycles. The van der Waals surface area contributed by atoms with Gasteiger partial charge in [0.15, 0.2) is 0 Å². The lowest BCUT2D eigenvalue weighted by Crippen LogP contribution is -2.21. The third-order valence-corrected chi connectivity index (χ3v) is 6.64. The smallest absolute Gasteiger partial charge is 0.263 e. The Balaban J connectivity index is 2.38. The predicted octanol–water partition coefficient (Wildman–Crippen LogP) is 3.71. The zero-order valence-corrected chi connectivity index (χ0v) is 14.2. The molecule has 3 aromatic rings. The van der Waals surface area contributed by atoms with Gasteiger partial charge in [-0.1, -0.05) is 43.3 Å². The molecule has 1 atom stereocenters. The maximum atomic E-state index is 13.9. The monoisotopic (exact) mass is 329 g/mol. The molecule has 1 heterocycles. The van der Waals surface area contributed by atoms with Crippen LogP contribution in [-0.2, 0) is 15.5 Å². The Labute approximate surface area is 135 Å². The van der Waals surface area contributed by atoms with Gasteiger partial charge in [-0.05, 0) is 31.5 Å². The van der Waals surface area contributed by atoms with Gasteiger partial charge in [-0.15, -0.1) is 0 Å². The fourth-order valence-electron chi connectivity index (χ4n) is 2.98. The summed E-state index contributed by atoms with van der Waals surface area (Å²) in [7, 11) is -3.28. The first-order chi connectivity index (χ1) is 11.1. The van der Waals surface area contributed by atoms with E-state index in [9.17, 15) is 9.77 Å². The number of aromatic nitrogens is 1. The minimum Gasteiger partial charge on any atom is -0.428 e. The lowest BCUT2D eigenvalue weighted by molar-refractivity contribution is 0.191. The first-order valence-electron chi connectivity index (χ1n) is 7.75. The molecule has 0 saturated carbocycles. The summed E-state index contributed by atoms with van der Waals surface area (Å²) >= 11 is 0. The molecule has 0 radical (unpaired) electrons. The van der Waals surface area contributed by atoms with Crippen molar-refractivity contribution in [1.82, 2.24) is 4.73 Å². The molecule has 1 N–H and O–H groups in total. The van der Waals surface area contributed by atoms with Crippen molar-refractivity contribution in [3.63, 3.8) is 0 Å². The van der Waals surface area contributed by atoms with E-state index in [-0.39, 0.29) is 0 Å². The first kappa shape index (κ1) is 15.9. The van der Waals surface area contributed by atoms with Crippen LogP contribution in [0.2, 0.25) is 0 Å². The van der Waals surface area contributed by atoms with Gasteiger partial charge in [-0.25, -0.2) is 0 Å². The van der Waals surface area contributed by atoms with E-state index in [0.717, 1.165) is 10.1 Å². The van der Waals surface area contributed by atoms with E-state index in [4.69, 9.17) is 4.52 Å². The maximum Gasteiger partial charge on any atom is 0.263 e. The number of rotatable bonds is 5. The Bertz CT molecular complexity index is 871. The quantitative estimate of drug-likeness (QED) is 0.573. The van der Waals surface area contributed by atoms with Crippen molar-refractivity contribution in [2.24, 2.45) is 0 Å². The molecule has 0 saturated heterocycles. The summed E-state index contributed by atoms with van der Waals surface area (Å²) in [4.78, 5) is 0. The van der Waals surface area contributed by atoms with Gasteiger partial charge in [0.25, 0.3) is 7.37 Å². The molecule has 1 aromatic heterocycles. The Kier molecular flexibility index (Phi) is 4.29. The summed E-state index contributed by atoms with van der Waals surface area (Å²) in [6, 6.07) is 16.7. The zero-order valence-electron chi connectivity index (χ0n) is 13.3. The van der Waals surface area contributed by atoms with Crippen LogP contribution in [-0.4, -0.2) is 16.5 Å². The molecule has 5 heteroatoms. The van der Waals surface area contributed by atoms with Gasteiger partial charge < -0.3 is 9.73 Å². The van der Waals surface area contributed by atoms with Crippen molar-refractivity contribution in [3.05, 3.63) is 60.3 Å². The van der Waals surface area contributed by atoms with Crippen molar-refractivity contribution in [3.8, 4) is 0 Å². The van der Waals surface area contributed by atoms with E-state index >= 15 is 0 Å². The number of fused-ring (bicyclic) bond motifs is 1. The van der Waals surface area contributed by atoms with Gasteiger partial charge >= 0.3 is 0 Å². The van der Waals surface area contributed by atoms with Crippen LogP contribution in [0, 0.1) is 0 Å². The second-order valence-electron chi connectivity index (χ2n) is 5.28. The van der Waals surface area contributed by atoms with Gasteiger partial charge in [0.2, 0.25) is 0 Å². The molecule has 23 heavy (non-hydrogen) atoms. The highest BCUT2D eigenvalue weighted by atomic mass is 31.2. The highest BCUT2D eigenvalue weighted by Gasteiger charge is 2.35. The molecule has 3 rings (SSSR count). The number of hydrogen-bond donors (Lipinski definition) is 1. The maximum absolute atomic E-state index is 13.9. The van der Waals surface area contributed by atoms with E-state index < -0.39 is 7.37 Å². The minimum atomic E-state index is -3.28. The molecule has 0 aliphatic rings. The van der Waals surface area contributed by atoms with Gasteiger partial charge in [0.1, 0.15) is 0 Å². The molecule has 120 valence electrons. The molecule has 4 nitrogen and oxygen atoms in total. The molecule has 0 fully saturated rings. The highest BCUT2D eigenvalue weighted by Crippen LogP contribution is 2.48. The molecule has 0 bridgehead atoms. The van der Waals surface area contributed by atoms with Crippen LogP contribution < -0.4 is 10.6 Å². The molecule has 0 amide bonds. The average Bonchev–Trinajstić information content (AvgIpc) is 2.89. The topological polar surface area (TPSA) is 51.5 Å². The third kappa shape index (κ3) is 2.48. The van der Waals surface area contributed by atoms with E-state index in [1.807, 2.05) is 68.4 Å². The summed E-state index contributed by atoms with van der Waals surface area (Å²) in [6.07, 6.45) is 0.560. The summed E-state index contributed by atoms with van der Waals surface area (Å²) in [5, 5.41) is 12.5. The average molecular weight is 329 g/mol. The molecular formula is C18H20NO3P. The molecule has 0 spiro atoms. The van der Waals surface area contributed by atoms with Crippen molar-refractivity contribution >= 4 is 28.9 Å². The Morgan fingerprint density at radius 3 is 2.35 bits per heavy atom. The summed E-state index contributed by atoms with van der Waals surface area (Å²) in [5.74, 6) is 0. The molecule has 0 aliphatic heterocycles. The number of hydrogen-bond acceptors (Lipinski definition) is 3. The fraction of sp³-hybridized carbons (Fsp3) is 0.222. The molecule has 1 unspecified atom stereocenters. The van der Waals surface area contributed by atoms with Crippen LogP contribution in [0.25, 0.3) is 10.9 Å². The molecule has 0 aliphatic carbocycles. The van der Waals surface area contributed by atoms with Crippen LogP contribution in [0.1, 0.15) is 19.5 Å². The normalized spacial score (nSPS) is 14.0. The van der Waals surface area contributed by atoms with Crippen molar-refractivity contribution < 1.29 is 14.3 Å². The first-order valence-corrected chi connectivity index (χ1v) is 9.38. The van der Waals surface area contributed by atoms with E-state index in [2.05, 4.69) is 0 Å². The van der Waals surface area contributed by atoms with Gasteiger partial charge in [0, 0.05) is 10.7 Å². The van der Waals surface area contributed by atoms with Gasteiger partial charge in [0.05, 0.1) is 23.1 Å². The largest absolute Gasteiger partial charge is 0.428 e. The van der Waals surface area contributed by atoms with E-state index in [1.165, 1.54) is 0 Å². The van der Waals surface area contributed by atoms with Gasteiger partial charge in [-0.3, -0.25) is 4.57 Å². The van der Waals surface area contributed by atoms with Crippen molar-refractivity contribution in [2.45, 2.75) is 20.3 Å². The second-order valence-corrected chi connectivity index (χ2v) is 7.61. The SMILES string of the molecule is CCOP(=O)(c1ccccc1)c1c(CC)n(O)c2ccccc12. The predicted molar refractivity (Wildman–Crippen MR) is 93.4 cm³/mol. The zero-order chi connectivity index (χ0) is 16.4. The lowest BCUT2D eigenvalue weighted by Gasteiger charge is -2.19. The van der Waals surface area contributed by atoms with Gasteiger partial charge in [-0.2, -0.15) is 4.73 Å². The lowest BCUT2D eigenvalue weighted by atomic mass is 10.2. The summed E-state index contributed by atoms with van der Waals surface area (Å²) in [6.45, 7) is 4.10. The fourth-order valence-corrected chi connectivity index (χ4v) is 5.54. The van der Waals surface area contributed by atoms with Crippen molar-refractivity contribution in [2.75, 3.05) is 6.61 Å². The summed E-state index contributed by atoms with van der Waals surface area (Å²) in [5.41, 5.74) is 1.28. The molecular weight excluding hydrogens is 309 g/mol.